The number of nitriles is 1. The molecule has 3 unspecified atom stereocenters. The maximum atomic E-state index is 14.7. The van der Waals surface area contributed by atoms with E-state index in [2.05, 4.69) is 4.98 Å². The van der Waals surface area contributed by atoms with Crippen LogP contribution in [-0.4, -0.2) is 16.3 Å². The Morgan fingerprint density at radius 3 is 2.75 bits per heavy atom. The summed E-state index contributed by atoms with van der Waals surface area (Å²) in [5.74, 6) is -0.672. The van der Waals surface area contributed by atoms with Crippen LogP contribution in [0.1, 0.15) is 64.7 Å². The van der Waals surface area contributed by atoms with Crippen LogP contribution >= 0.6 is 11.3 Å². The van der Waals surface area contributed by atoms with Crippen molar-refractivity contribution in [2.75, 3.05) is 5.73 Å². The van der Waals surface area contributed by atoms with Crippen molar-refractivity contribution >= 4 is 16.5 Å². The molecule has 0 fully saturated rings. The molecule has 0 bridgehead atoms. The number of aliphatic hydroxyl groups is 1. The van der Waals surface area contributed by atoms with Crippen LogP contribution in [-0.2, 0) is 12.8 Å². The van der Waals surface area contributed by atoms with Crippen LogP contribution in [0.3, 0.4) is 0 Å². The van der Waals surface area contributed by atoms with Gasteiger partial charge < -0.3 is 10.8 Å². The summed E-state index contributed by atoms with van der Waals surface area (Å²) in [7, 11) is 0. The zero-order valence-corrected chi connectivity index (χ0v) is 18.4. The predicted octanol–water partition coefficient (Wildman–Crippen LogP) is 5.65. The summed E-state index contributed by atoms with van der Waals surface area (Å²) in [6.45, 7) is 3.44. The number of aryl methyl sites for hydroxylation is 1. The first-order chi connectivity index (χ1) is 15.2. The van der Waals surface area contributed by atoms with Gasteiger partial charge in [0.15, 0.2) is 5.13 Å². The van der Waals surface area contributed by atoms with Gasteiger partial charge in [-0.3, -0.25) is 0 Å². The van der Waals surface area contributed by atoms with Crippen molar-refractivity contribution in [3.8, 4) is 16.5 Å². The third kappa shape index (κ3) is 3.76. The summed E-state index contributed by atoms with van der Waals surface area (Å²) in [5.41, 5.74) is 9.51. The molecule has 0 radical (unpaired) electrons. The van der Waals surface area contributed by atoms with Gasteiger partial charge in [0.1, 0.15) is 24.3 Å². The Morgan fingerprint density at radius 1 is 1.38 bits per heavy atom. The third-order valence-electron chi connectivity index (χ3n) is 5.98. The first-order valence-electron chi connectivity index (χ1n) is 10.3. The van der Waals surface area contributed by atoms with Gasteiger partial charge in [0, 0.05) is 6.42 Å². The number of fused-ring (bicyclic) bond motifs is 1. The Morgan fingerprint density at radius 2 is 2.12 bits per heavy atom. The van der Waals surface area contributed by atoms with E-state index < -0.39 is 24.3 Å². The molecule has 3 N–H and O–H groups in total. The van der Waals surface area contributed by atoms with Gasteiger partial charge in [-0.1, -0.05) is 30.4 Å². The first-order valence-corrected chi connectivity index (χ1v) is 11.1. The van der Waals surface area contributed by atoms with Crippen molar-refractivity contribution in [2.24, 2.45) is 0 Å². The molecule has 4 rings (SSSR count). The molecule has 2 aromatic carbocycles. The Bertz CT molecular complexity index is 1230. The largest absolute Gasteiger partial charge is 0.385 e. The quantitative estimate of drug-likeness (QED) is 0.519. The molecule has 1 aliphatic carbocycles. The van der Waals surface area contributed by atoms with Crippen molar-refractivity contribution in [3.05, 3.63) is 69.2 Å². The number of aliphatic hydroxyl groups excluding tert-OH is 1. The number of nitrogens with zero attached hydrogens (tertiary/aromatic N) is 2. The summed E-state index contributed by atoms with van der Waals surface area (Å²) in [6, 6.07) is 7.74. The summed E-state index contributed by atoms with van der Waals surface area (Å²) >= 11 is 1.26. The van der Waals surface area contributed by atoms with Crippen LogP contribution in [0.2, 0.25) is 0 Å². The monoisotopic (exact) mass is 457 g/mol. The highest BCUT2D eigenvalue weighted by Gasteiger charge is 2.36. The molecule has 8 heteroatoms. The van der Waals surface area contributed by atoms with E-state index in [0.29, 0.717) is 38.6 Å². The lowest BCUT2D eigenvalue weighted by Gasteiger charge is -2.18. The average molecular weight is 458 g/mol. The number of rotatable bonds is 5. The zero-order chi connectivity index (χ0) is 23.2. The highest BCUT2D eigenvalue weighted by Crippen LogP contribution is 2.45. The average Bonchev–Trinajstić information content (AvgIpc) is 3.26. The van der Waals surface area contributed by atoms with Gasteiger partial charge in [-0.25, -0.2) is 18.2 Å². The summed E-state index contributed by atoms with van der Waals surface area (Å²) in [6.07, 6.45) is -3.96. The van der Waals surface area contributed by atoms with Crippen molar-refractivity contribution in [2.45, 2.75) is 51.6 Å². The SMILES string of the molecule is CCC(F)c1cc(F)cc(C#N)c1Cc1ccc(-c2sc(N)nc2C)c2c1CC(F)C2O. The summed E-state index contributed by atoms with van der Waals surface area (Å²) < 4.78 is 43.3. The highest BCUT2D eigenvalue weighted by molar-refractivity contribution is 7.18. The van der Waals surface area contributed by atoms with Crippen LogP contribution in [0.15, 0.2) is 24.3 Å². The molecule has 0 saturated carbocycles. The smallest absolute Gasteiger partial charge is 0.180 e. The molecule has 4 nitrogen and oxygen atoms in total. The van der Waals surface area contributed by atoms with Crippen molar-refractivity contribution in [3.63, 3.8) is 0 Å². The minimum absolute atomic E-state index is 0.00173. The molecule has 0 amide bonds. The number of alkyl halides is 2. The summed E-state index contributed by atoms with van der Waals surface area (Å²) in [4.78, 5) is 4.98. The molecular formula is C24H22F3N3OS. The molecule has 0 aliphatic heterocycles. The first kappa shape index (κ1) is 22.3. The molecule has 0 saturated heterocycles. The predicted molar refractivity (Wildman–Crippen MR) is 118 cm³/mol. The highest BCUT2D eigenvalue weighted by atomic mass is 32.1. The molecule has 1 aliphatic rings. The van der Waals surface area contributed by atoms with Gasteiger partial charge in [0.05, 0.1) is 22.2 Å². The van der Waals surface area contributed by atoms with Gasteiger partial charge in [-0.15, -0.1) is 0 Å². The molecule has 1 heterocycles. The minimum Gasteiger partial charge on any atom is -0.385 e. The standard InChI is InChI=1S/C24H22F3N3OS/c1-3-19(26)18-8-14(25)6-13(10-28)16(18)7-12-4-5-15(23-11(2)30-24(29)32-23)21-17(12)9-20(27)22(21)31/h4-6,8,19-20,22,31H,3,7,9H2,1-2H3,(H2,29,30). The number of nitrogens with two attached hydrogens (primary N) is 1. The fraction of sp³-hybridized carbons (Fsp3) is 0.333. The number of nitrogen functional groups attached to an aromatic ring is 1. The number of aromatic nitrogens is 1. The van der Waals surface area contributed by atoms with Crippen LogP contribution < -0.4 is 5.73 Å². The van der Waals surface area contributed by atoms with E-state index in [-0.39, 0.29) is 30.4 Å². The maximum absolute atomic E-state index is 14.7. The van der Waals surface area contributed by atoms with Crippen molar-refractivity contribution in [1.29, 1.82) is 5.26 Å². The third-order valence-corrected chi connectivity index (χ3v) is 7.00. The van der Waals surface area contributed by atoms with E-state index in [1.807, 2.05) is 6.07 Å². The van der Waals surface area contributed by atoms with E-state index in [9.17, 15) is 23.5 Å². The van der Waals surface area contributed by atoms with Crippen molar-refractivity contribution in [1.82, 2.24) is 4.98 Å². The van der Waals surface area contributed by atoms with E-state index in [1.165, 1.54) is 11.3 Å². The number of anilines is 1. The van der Waals surface area contributed by atoms with Gasteiger partial charge in [0.25, 0.3) is 0 Å². The van der Waals surface area contributed by atoms with E-state index >= 15 is 0 Å². The van der Waals surface area contributed by atoms with Crippen LogP contribution in [0.25, 0.3) is 10.4 Å². The molecule has 3 atom stereocenters. The lowest BCUT2D eigenvalue weighted by atomic mass is 9.88. The maximum Gasteiger partial charge on any atom is 0.180 e. The zero-order valence-electron chi connectivity index (χ0n) is 17.6. The molecule has 3 aromatic rings. The molecule has 166 valence electrons. The number of halogens is 3. The Labute approximate surface area is 188 Å². The van der Waals surface area contributed by atoms with Gasteiger partial charge in [0.2, 0.25) is 0 Å². The fourth-order valence-electron chi connectivity index (χ4n) is 4.45. The van der Waals surface area contributed by atoms with Crippen LogP contribution in [0, 0.1) is 24.1 Å². The second-order valence-electron chi connectivity index (χ2n) is 7.98. The topological polar surface area (TPSA) is 82.9 Å². The lowest BCUT2D eigenvalue weighted by Crippen LogP contribution is -2.07. The number of thiazole rings is 1. The molecule has 0 spiro atoms. The second-order valence-corrected chi connectivity index (χ2v) is 9.01. The van der Waals surface area contributed by atoms with Crippen LogP contribution in [0.4, 0.5) is 18.3 Å². The van der Waals surface area contributed by atoms with Gasteiger partial charge in [-0.05, 0) is 65.3 Å². The molecular weight excluding hydrogens is 435 g/mol. The minimum atomic E-state index is -1.48. The number of benzene rings is 2. The Hall–Kier alpha value is -2.89. The number of hydrogen-bond acceptors (Lipinski definition) is 5. The molecule has 32 heavy (non-hydrogen) atoms. The van der Waals surface area contributed by atoms with Gasteiger partial charge in [-0.2, -0.15) is 5.26 Å². The number of hydrogen-bond donors (Lipinski definition) is 2. The normalized spacial score (nSPS) is 18.4. The summed E-state index contributed by atoms with van der Waals surface area (Å²) in [5, 5.41) is 20.5. The second kappa shape index (κ2) is 8.57. The van der Waals surface area contributed by atoms with E-state index in [0.717, 1.165) is 17.0 Å². The Balaban J connectivity index is 1.88. The van der Waals surface area contributed by atoms with Crippen LogP contribution in [0.5, 0.6) is 0 Å². The van der Waals surface area contributed by atoms with Crippen molar-refractivity contribution < 1.29 is 18.3 Å². The fourth-order valence-corrected chi connectivity index (χ4v) is 5.32. The van der Waals surface area contributed by atoms with E-state index in [1.54, 1.807) is 26.0 Å². The lowest BCUT2D eigenvalue weighted by molar-refractivity contribution is 0.0929. The Kier molecular flexibility index (Phi) is 5.97. The van der Waals surface area contributed by atoms with Gasteiger partial charge >= 0.3 is 0 Å². The van der Waals surface area contributed by atoms with E-state index in [4.69, 9.17) is 5.73 Å². The molecule has 1 aromatic heterocycles.